The first-order valence-electron chi connectivity index (χ1n) is 5.49. The minimum absolute atomic E-state index is 0.218. The largest absolute Gasteiger partial charge is 0.477 e. The number of rotatable bonds is 1. The topological polar surface area (TPSA) is 66.0 Å². The Kier molecular flexibility index (Phi) is 1.90. The van der Waals surface area contributed by atoms with Crippen LogP contribution in [0.2, 0.25) is 0 Å². The third-order valence-electron chi connectivity index (χ3n) is 3.43. The molecule has 0 fully saturated rings. The van der Waals surface area contributed by atoms with Crippen molar-refractivity contribution in [1.82, 2.24) is 10.2 Å². The van der Waals surface area contributed by atoms with Crippen molar-refractivity contribution < 1.29 is 9.90 Å². The summed E-state index contributed by atoms with van der Waals surface area (Å²) >= 11 is 0. The molecule has 3 rings (SSSR count). The normalized spacial score (nSPS) is 12.4. The lowest BCUT2D eigenvalue weighted by Crippen LogP contribution is -2.01. The fourth-order valence-corrected chi connectivity index (χ4v) is 2.52. The van der Waals surface area contributed by atoms with Gasteiger partial charge in [0, 0.05) is 17.5 Å². The molecule has 1 aliphatic rings. The number of nitrogens with zero attached hydrogens (tertiary/aromatic N) is 1. The second-order valence-corrected chi connectivity index (χ2v) is 4.46. The molecule has 17 heavy (non-hydrogen) atoms. The lowest BCUT2D eigenvalue weighted by atomic mass is 9.99. The van der Waals surface area contributed by atoms with Gasteiger partial charge in [0.05, 0.1) is 5.69 Å². The molecule has 4 nitrogen and oxygen atoms in total. The van der Waals surface area contributed by atoms with E-state index in [2.05, 4.69) is 22.3 Å². The number of benzene rings is 1. The summed E-state index contributed by atoms with van der Waals surface area (Å²) in [5.74, 6) is -0.943. The van der Waals surface area contributed by atoms with Gasteiger partial charge in [0.15, 0.2) is 0 Å². The Morgan fingerprint density at radius 3 is 2.71 bits per heavy atom. The van der Waals surface area contributed by atoms with Gasteiger partial charge in [0.2, 0.25) is 0 Å². The van der Waals surface area contributed by atoms with Crippen molar-refractivity contribution in [2.24, 2.45) is 0 Å². The lowest BCUT2D eigenvalue weighted by molar-refractivity contribution is 0.0689. The number of aryl methyl sites for hydroxylation is 2. The zero-order chi connectivity index (χ0) is 12.2. The van der Waals surface area contributed by atoms with E-state index in [0.717, 1.165) is 22.4 Å². The Balaban J connectivity index is 2.29. The first-order chi connectivity index (χ1) is 8.09. The van der Waals surface area contributed by atoms with E-state index in [1.807, 2.05) is 13.8 Å². The number of carbonyl (C=O) groups is 1. The molecule has 1 aliphatic carbocycles. The molecule has 0 unspecified atom stereocenters. The maximum Gasteiger partial charge on any atom is 0.354 e. The summed E-state index contributed by atoms with van der Waals surface area (Å²) in [6, 6.07) is 4.13. The van der Waals surface area contributed by atoms with Crippen LogP contribution in [0.1, 0.15) is 32.7 Å². The van der Waals surface area contributed by atoms with Crippen LogP contribution >= 0.6 is 0 Å². The predicted molar refractivity (Wildman–Crippen MR) is 63.3 cm³/mol. The SMILES string of the molecule is Cc1ccc(C)c2c1Cc1c-2n[nH]c1C(=O)O. The summed E-state index contributed by atoms with van der Waals surface area (Å²) in [4.78, 5) is 11.1. The van der Waals surface area contributed by atoms with Gasteiger partial charge >= 0.3 is 5.97 Å². The highest BCUT2D eigenvalue weighted by atomic mass is 16.4. The minimum atomic E-state index is -0.943. The molecule has 0 radical (unpaired) electrons. The van der Waals surface area contributed by atoms with Gasteiger partial charge in [-0.3, -0.25) is 5.10 Å². The molecule has 86 valence electrons. The maximum absolute atomic E-state index is 11.1. The van der Waals surface area contributed by atoms with Crippen LogP contribution in [0, 0.1) is 13.8 Å². The summed E-state index contributed by atoms with van der Waals surface area (Å²) < 4.78 is 0. The van der Waals surface area contributed by atoms with Crippen molar-refractivity contribution in [2.75, 3.05) is 0 Å². The number of carboxylic acids is 1. The molecule has 0 bridgehead atoms. The number of hydrogen-bond acceptors (Lipinski definition) is 2. The quantitative estimate of drug-likeness (QED) is 0.671. The summed E-state index contributed by atoms with van der Waals surface area (Å²) in [5.41, 5.74) is 6.48. The number of fused-ring (bicyclic) bond motifs is 3. The van der Waals surface area contributed by atoms with Crippen LogP contribution in [0.3, 0.4) is 0 Å². The number of carboxylic acid groups (broad SMARTS) is 1. The zero-order valence-corrected chi connectivity index (χ0v) is 9.66. The van der Waals surface area contributed by atoms with E-state index in [1.54, 1.807) is 0 Å². The van der Waals surface area contributed by atoms with E-state index in [0.29, 0.717) is 6.42 Å². The van der Waals surface area contributed by atoms with Crippen molar-refractivity contribution in [3.8, 4) is 11.3 Å². The van der Waals surface area contributed by atoms with Crippen LogP contribution in [0.4, 0.5) is 0 Å². The molecule has 0 aliphatic heterocycles. The van der Waals surface area contributed by atoms with Crippen molar-refractivity contribution in [3.63, 3.8) is 0 Å². The minimum Gasteiger partial charge on any atom is -0.477 e. The summed E-state index contributed by atoms with van der Waals surface area (Å²) in [6.07, 6.45) is 0.663. The number of aromatic amines is 1. The van der Waals surface area contributed by atoms with Gasteiger partial charge in [-0.2, -0.15) is 5.10 Å². The first kappa shape index (κ1) is 10.1. The standard InChI is InChI=1S/C13H12N2O2/c1-6-3-4-7(2)10-8(6)5-9-11(10)14-15-12(9)13(16)17/h3-4H,5H2,1-2H3,(H,14,15)(H,16,17). The van der Waals surface area contributed by atoms with Gasteiger partial charge in [0.25, 0.3) is 0 Å². The lowest BCUT2D eigenvalue weighted by Gasteiger charge is -2.06. The van der Waals surface area contributed by atoms with E-state index in [4.69, 9.17) is 5.11 Å². The molecule has 0 atom stereocenters. The van der Waals surface area contributed by atoms with Crippen molar-refractivity contribution in [3.05, 3.63) is 40.1 Å². The average Bonchev–Trinajstić information content (AvgIpc) is 2.81. The fourth-order valence-electron chi connectivity index (χ4n) is 2.52. The van der Waals surface area contributed by atoms with Crippen molar-refractivity contribution in [1.29, 1.82) is 0 Å². The number of aromatic nitrogens is 2. The molecular formula is C13H12N2O2. The van der Waals surface area contributed by atoms with Gasteiger partial charge in [0.1, 0.15) is 5.69 Å². The van der Waals surface area contributed by atoms with Crippen molar-refractivity contribution >= 4 is 5.97 Å². The highest BCUT2D eigenvalue weighted by Gasteiger charge is 2.29. The molecule has 1 aromatic heterocycles. The maximum atomic E-state index is 11.1. The van der Waals surface area contributed by atoms with Gasteiger partial charge < -0.3 is 5.11 Å². The number of nitrogens with one attached hydrogen (secondary N) is 1. The van der Waals surface area contributed by atoms with E-state index < -0.39 is 5.97 Å². The second kappa shape index (κ2) is 3.20. The number of aromatic carboxylic acids is 1. The van der Waals surface area contributed by atoms with Gasteiger partial charge in [-0.05, 0) is 30.5 Å². The van der Waals surface area contributed by atoms with E-state index in [9.17, 15) is 4.79 Å². The third kappa shape index (κ3) is 1.24. The zero-order valence-electron chi connectivity index (χ0n) is 9.66. The van der Waals surface area contributed by atoms with Gasteiger partial charge in [-0.1, -0.05) is 12.1 Å². The van der Waals surface area contributed by atoms with Crippen LogP contribution in [0.5, 0.6) is 0 Å². The number of H-pyrrole nitrogens is 1. The number of hydrogen-bond donors (Lipinski definition) is 2. The monoisotopic (exact) mass is 228 g/mol. The van der Waals surface area contributed by atoms with Crippen LogP contribution in [-0.2, 0) is 6.42 Å². The van der Waals surface area contributed by atoms with Crippen LogP contribution < -0.4 is 0 Å². The third-order valence-corrected chi connectivity index (χ3v) is 3.43. The van der Waals surface area contributed by atoms with Crippen LogP contribution in [0.25, 0.3) is 11.3 Å². The molecule has 0 saturated heterocycles. The summed E-state index contributed by atoms with van der Waals surface area (Å²) in [5, 5.41) is 15.9. The van der Waals surface area contributed by atoms with Crippen LogP contribution in [-0.4, -0.2) is 21.3 Å². The van der Waals surface area contributed by atoms with Crippen molar-refractivity contribution in [2.45, 2.75) is 20.3 Å². The molecule has 1 heterocycles. The Bertz CT molecular complexity index is 641. The molecule has 1 aromatic carbocycles. The fraction of sp³-hybridized carbons (Fsp3) is 0.231. The van der Waals surface area contributed by atoms with Gasteiger partial charge in [-0.15, -0.1) is 0 Å². The molecular weight excluding hydrogens is 216 g/mol. The smallest absolute Gasteiger partial charge is 0.354 e. The Morgan fingerprint density at radius 2 is 2.00 bits per heavy atom. The summed E-state index contributed by atoms with van der Waals surface area (Å²) in [7, 11) is 0. The molecule has 0 saturated carbocycles. The molecule has 2 N–H and O–H groups in total. The van der Waals surface area contributed by atoms with Crippen LogP contribution in [0.15, 0.2) is 12.1 Å². The highest BCUT2D eigenvalue weighted by Crippen LogP contribution is 2.40. The molecule has 0 spiro atoms. The Labute approximate surface area is 98.3 Å². The molecule has 0 amide bonds. The molecule has 4 heteroatoms. The first-order valence-corrected chi connectivity index (χ1v) is 5.49. The Hall–Kier alpha value is -2.10. The predicted octanol–water partition coefficient (Wildman–Crippen LogP) is 2.30. The summed E-state index contributed by atoms with van der Waals surface area (Å²) in [6.45, 7) is 4.08. The average molecular weight is 228 g/mol. The van der Waals surface area contributed by atoms with Gasteiger partial charge in [-0.25, -0.2) is 4.79 Å². The van der Waals surface area contributed by atoms with E-state index >= 15 is 0 Å². The van der Waals surface area contributed by atoms with E-state index in [-0.39, 0.29) is 5.69 Å². The highest BCUT2D eigenvalue weighted by molar-refractivity contribution is 5.92. The second-order valence-electron chi connectivity index (χ2n) is 4.46. The Morgan fingerprint density at radius 1 is 1.29 bits per heavy atom. The van der Waals surface area contributed by atoms with E-state index in [1.165, 1.54) is 11.1 Å². The molecule has 2 aromatic rings.